The fourth-order valence-electron chi connectivity index (χ4n) is 2.63. The van der Waals surface area contributed by atoms with Crippen LogP contribution in [-0.4, -0.2) is 15.3 Å². The number of pyridine rings is 1. The summed E-state index contributed by atoms with van der Waals surface area (Å²) in [7, 11) is 0. The van der Waals surface area contributed by atoms with Crippen LogP contribution in [0.4, 0.5) is 5.69 Å². The first-order chi connectivity index (χ1) is 11.2. The highest BCUT2D eigenvalue weighted by atomic mass is 35.5. The van der Waals surface area contributed by atoms with Gasteiger partial charge in [0.05, 0.1) is 0 Å². The van der Waals surface area contributed by atoms with Crippen LogP contribution in [0, 0.1) is 0 Å². The van der Waals surface area contributed by atoms with Gasteiger partial charge in [-0.15, -0.1) is 0 Å². The Morgan fingerprint density at radius 2 is 1.78 bits per heavy atom. The lowest BCUT2D eigenvalue weighted by Crippen LogP contribution is -2.14. The summed E-state index contributed by atoms with van der Waals surface area (Å²) in [6, 6.07) is 19.3. The third kappa shape index (κ3) is 2.43. The van der Waals surface area contributed by atoms with E-state index < -0.39 is 0 Å². The number of nitrogens with one attached hydrogen (secondary N) is 1. The van der Waals surface area contributed by atoms with Gasteiger partial charge in [-0.3, -0.25) is 9.20 Å². The predicted molar refractivity (Wildman–Crippen MR) is 92.1 cm³/mol. The lowest BCUT2D eigenvalue weighted by atomic mass is 10.1. The van der Waals surface area contributed by atoms with Gasteiger partial charge in [0, 0.05) is 11.9 Å². The molecule has 0 fully saturated rings. The molecule has 0 aliphatic carbocycles. The van der Waals surface area contributed by atoms with Gasteiger partial charge < -0.3 is 5.32 Å². The van der Waals surface area contributed by atoms with Crippen molar-refractivity contribution < 1.29 is 4.79 Å². The minimum absolute atomic E-state index is 0.189. The maximum Gasteiger partial charge on any atom is 0.275 e. The molecule has 0 atom stereocenters. The summed E-state index contributed by atoms with van der Waals surface area (Å²) in [4.78, 5) is 16.8. The van der Waals surface area contributed by atoms with Crippen LogP contribution in [0.3, 0.4) is 0 Å². The van der Waals surface area contributed by atoms with Gasteiger partial charge in [-0.1, -0.05) is 48.0 Å². The summed E-state index contributed by atoms with van der Waals surface area (Å²) in [6.45, 7) is 0. The van der Waals surface area contributed by atoms with Crippen molar-refractivity contribution in [3.63, 3.8) is 0 Å². The van der Waals surface area contributed by atoms with E-state index in [4.69, 9.17) is 11.6 Å². The van der Waals surface area contributed by atoms with Crippen LogP contribution in [0.1, 0.15) is 10.5 Å². The number of hydrogen-bond donors (Lipinski definition) is 1. The van der Waals surface area contributed by atoms with Gasteiger partial charge in [0.25, 0.3) is 5.91 Å². The van der Waals surface area contributed by atoms with E-state index in [1.165, 1.54) is 0 Å². The third-order valence-electron chi connectivity index (χ3n) is 3.71. The SMILES string of the molecule is O=C(Nc1ccc2ccccc2c1)c1c(Cl)nc2ccccn12. The zero-order valence-corrected chi connectivity index (χ0v) is 12.8. The summed E-state index contributed by atoms with van der Waals surface area (Å²) in [6.07, 6.45) is 1.77. The van der Waals surface area contributed by atoms with Crippen LogP contribution in [-0.2, 0) is 0 Å². The first-order valence-electron chi connectivity index (χ1n) is 7.15. The molecule has 0 radical (unpaired) electrons. The highest BCUT2D eigenvalue weighted by Gasteiger charge is 2.17. The number of amides is 1. The van der Waals surface area contributed by atoms with Gasteiger partial charge >= 0.3 is 0 Å². The molecule has 2 aromatic heterocycles. The number of rotatable bonds is 2. The molecule has 5 heteroatoms. The Hall–Kier alpha value is -2.85. The zero-order valence-electron chi connectivity index (χ0n) is 12.0. The number of nitrogens with zero attached hydrogens (tertiary/aromatic N) is 2. The molecule has 0 spiro atoms. The molecule has 112 valence electrons. The molecule has 4 aromatic rings. The average Bonchev–Trinajstić information content (AvgIpc) is 2.90. The molecule has 1 N–H and O–H groups in total. The molecule has 4 rings (SSSR count). The standard InChI is InChI=1S/C18H12ClN3O/c19-17-16(22-10-4-3-7-15(22)21-17)18(23)20-14-9-8-12-5-1-2-6-13(12)11-14/h1-11H,(H,20,23). The van der Waals surface area contributed by atoms with E-state index in [1.807, 2.05) is 54.6 Å². The Morgan fingerprint density at radius 3 is 2.65 bits per heavy atom. The minimum Gasteiger partial charge on any atom is -0.321 e. The van der Waals surface area contributed by atoms with E-state index in [1.54, 1.807) is 16.7 Å². The number of carbonyl (C=O) groups excluding carboxylic acids is 1. The van der Waals surface area contributed by atoms with Crippen LogP contribution in [0.15, 0.2) is 66.9 Å². The Bertz CT molecular complexity index is 1040. The fraction of sp³-hybridized carbons (Fsp3) is 0. The highest BCUT2D eigenvalue weighted by molar-refractivity contribution is 6.33. The van der Waals surface area contributed by atoms with Gasteiger partial charge in [-0.05, 0) is 35.0 Å². The number of carbonyl (C=O) groups is 1. The molecule has 0 aliphatic rings. The van der Waals surface area contributed by atoms with E-state index in [-0.39, 0.29) is 11.1 Å². The molecule has 23 heavy (non-hydrogen) atoms. The van der Waals surface area contributed by atoms with E-state index in [2.05, 4.69) is 10.3 Å². The monoisotopic (exact) mass is 321 g/mol. The van der Waals surface area contributed by atoms with Crippen molar-refractivity contribution in [3.05, 3.63) is 77.7 Å². The van der Waals surface area contributed by atoms with Crippen molar-refractivity contribution in [2.75, 3.05) is 5.32 Å². The van der Waals surface area contributed by atoms with Crippen molar-refractivity contribution in [2.24, 2.45) is 0 Å². The average molecular weight is 322 g/mol. The molecule has 0 unspecified atom stereocenters. The van der Waals surface area contributed by atoms with E-state index in [0.29, 0.717) is 11.3 Å². The van der Waals surface area contributed by atoms with Gasteiger partial charge in [-0.25, -0.2) is 4.98 Å². The van der Waals surface area contributed by atoms with E-state index in [9.17, 15) is 4.79 Å². The molecular formula is C18H12ClN3O. The highest BCUT2D eigenvalue weighted by Crippen LogP contribution is 2.22. The Labute approximate surface area is 137 Å². The molecule has 0 saturated carbocycles. The molecule has 0 saturated heterocycles. The Kier molecular flexibility index (Phi) is 3.24. The molecule has 0 bridgehead atoms. The van der Waals surface area contributed by atoms with Crippen LogP contribution in [0.5, 0.6) is 0 Å². The van der Waals surface area contributed by atoms with Crippen molar-refractivity contribution in [3.8, 4) is 0 Å². The van der Waals surface area contributed by atoms with Gasteiger partial charge in [-0.2, -0.15) is 0 Å². The number of imidazole rings is 1. The normalized spacial score (nSPS) is 11.0. The summed E-state index contributed by atoms with van der Waals surface area (Å²) in [5.41, 5.74) is 1.69. The minimum atomic E-state index is -0.288. The molecule has 2 aromatic carbocycles. The first kappa shape index (κ1) is 13.8. The number of fused-ring (bicyclic) bond motifs is 2. The summed E-state index contributed by atoms with van der Waals surface area (Å²) >= 11 is 6.13. The van der Waals surface area contributed by atoms with Crippen LogP contribution >= 0.6 is 11.6 Å². The summed E-state index contributed by atoms with van der Waals surface area (Å²) in [5.74, 6) is -0.288. The molecule has 4 nitrogen and oxygen atoms in total. The summed E-state index contributed by atoms with van der Waals surface area (Å²) < 4.78 is 1.68. The van der Waals surface area contributed by atoms with E-state index >= 15 is 0 Å². The second-order valence-corrected chi connectivity index (χ2v) is 5.55. The molecule has 1 amide bonds. The van der Waals surface area contributed by atoms with Crippen molar-refractivity contribution >= 4 is 39.6 Å². The Balaban J connectivity index is 1.72. The topological polar surface area (TPSA) is 46.4 Å². The molecular weight excluding hydrogens is 310 g/mol. The third-order valence-corrected chi connectivity index (χ3v) is 3.97. The second-order valence-electron chi connectivity index (χ2n) is 5.20. The lowest BCUT2D eigenvalue weighted by molar-refractivity contribution is 0.102. The number of halogens is 1. The number of benzene rings is 2. The first-order valence-corrected chi connectivity index (χ1v) is 7.53. The maximum atomic E-state index is 12.6. The van der Waals surface area contributed by atoms with E-state index in [0.717, 1.165) is 16.5 Å². The lowest BCUT2D eigenvalue weighted by Gasteiger charge is -2.07. The number of aromatic nitrogens is 2. The quantitative estimate of drug-likeness (QED) is 0.595. The fourth-order valence-corrected chi connectivity index (χ4v) is 2.89. The van der Waals surface area contributed by atoms with Crippen molar-refractivity contribution in [1.82, 2.24) is 9.38 Å². The van der Waals surface area contributed by atoms with Gasteiger partial charge in [0.1, 0.15) is 5.65 Å². The largest absolute Gasteiger partial charge is 0.321 e. The zero-order chi connectivity index (χ0) is 15.8. The van der Waals surface area contributed by atoms with Gasteiger partial charge in [0.15, 0.2) is 10.8 Å². The molecule has 2 heterocycles. The van der Waals surface area contributed by atoms with Crippen LogP contribution in [0.2, 0.25) is 5.15 Å². The Morgan fingerprint density at radius 1 is 1.00 bits per heavy atom. The van der Waals surface area contributed by atoms with Crippen molar-refractivity contribution in [1.29, 1.82) is 0 Å². The second kappa shape index (κ2) is 5.41. The smallest absolute Gasteiger partial charge is 0.275 e. The molecule has 0 aliphatic heterocycles. The van der Waals surface area contributed by atoms with Crippen molar-refractivity contribution in [2.45, 2.75) is 0 Å². The number of anilines is 1. The maximum absolute atomic E-state index is 12.6. The van der Waals surface area contributed by atoms with Crippen LogP contribution in [0.25, 0.3) is 16.4 Å². The van der Waals surface area contributed by atoms with Crippen LogP contribution < -0.4 is 5.32 Å². The summed E-state index contributed by atoms with van der Waals surface area (Å²) in [5, 5.41) is 5.26. The predicted octanol–water partition coefficient (Wildman–Crippen LogP) is 4.39. The van der Waals surface area contributed by atoms with Gasteiger partial charge in [0.2, 0.25) is 0 Å². The number of hydrogen-bond acceptors (Lipinski definition) is 2.